The summed E-state index contributed by atoms with van der Waals surface area (Å²) in [6.45, 7) is 13.0. The molecule has 1 aliphatic rings. The summed E-state index contributed by atoms with van der Waals surface area (Å²) in [6, 6.07) is 0.671. The standard InChI is InChI=1S/C14H29N/c1-6-15-12(3)10-11(2)14(4,5)13-8-7-9-13/h11-13,15H,6-10H2,1-5H3. The molecule has 2 atom stereocenters. The average molecular weight is 211 g/mol. The van der Waals surface area contributed by atoms with E-state index in [4.69, 9.17) is 0 Å². The molecule has 1 rings (SSSR count). The van der Waals surface area contributed by atoms with Crippen LogP contribution in [0.5, 0.6) is 0 Å². The molecule has 0 amide bonds. The molecule has 1 nitrogen and oxygen atoms in total. The zero-order valence-electron chi connectivity index (χ0n) is 11.3. The monoisotopic (exact) mass is 211 g/mol. The molecule has 90 valence electrons. The fourth-order valence-corrected chi connectivity index (χ4v) is 2.82. The maximum Gasteiger partial charge on any atom is 0.00413 e. The van der Waals surface area contributed by atoms with Gasteiger partial charge in [0.05, 0.1) is 0 Å². The van der Waals surface area contributed by atoms with E-state index in [1.165, 1.54) is 25.7 Å². The second-order valence-corrected chi connectivity index (χ2v) is 6.04. The maximum absolute atomic E-state index is 3.52. The highest BCUT2D eigenvalue weighted by atomic mass is 14.9. The molecular formula is C14H29N. The summed E-state index contributed by atoms with van der Waals surface area (Å²) in [4.78, 5) is 0. The molecule has 15 heavy (non-hydrogen) atoms. The molecule has 0 aromatic carbocycles. The largest absolute Gasteiger partial charge is 0.315 e. The Balaban J connectivity index is 2.39. The van der Waals surface area contributed by atoms with E-state index >= 15 is 0 Å². The lowest BCUT2D eigenvalue weighted by atomic mass is 9.61. The molecule has 0 radical (unpaired) electrons. The van der Waals surface area contributed by atoms with Crippen LogP contribution in [0, 0.1) is 17.3 Å². The van der Waals surface area contributed by atoms with Gasteiger partial charge in [-0.3, -0.25) is 0 Å². The molecule has 0 aliphatic heterocycles. The van der Waals surface area contributed by atoms with Gasteiger partial charge in [-0.15, -0.1) is 0 Å². The quantitative estimate of drug-likeness (QED) is 0.704. The number of hydrogen-bond donors (Lipinski definition) is 1. The molecule has 0 spiro atoms. The fraction of sp³-hybridized carbons (Fsp3) is 1.00. The predicted octanol–water partition coefficient (Wildman–Crippen LogP) is 3.84. The molecule has 0 saturated heterocycles. The van der Waals surface area contributed by atoms with Crippen LogP contribution in [-0.2, 0) is 0 Å². The first-order chi connectivity index (χ1) is 6.98. The van der Waals surface area contributed by atoms with Gasteiger partial charge in [0.2, 0.25) is 0 Å². The van der Waals surface area contributed by atoms with Gasteiger partial charge in [0.15, 0.2) is 0 Å². The lowest BCUT2D eigenvalue weighted by Gasteiger charge is -2.45. The number of rotatable bonds is 6. The Kier molecular flexibility index (Phi) is 4.64. The Morgan fingerprint density at radius 1 is 1.27 bits per heavy atom. The second kappa shape index (κ2) is 5.34. The van der Waals surface area contributed by atoms with Crippen LogP contribution in [-0.4, -0.2) is 12.6 Å². The topological polar surface area (TPSA) is 12.0 Å². The number of hydrogen-bond acceptors (Lipinski definition) is 1. The minimum Gasteiger partial charge on any atom is -0.315 e. The van der Waals surface area contributed by atoms with Gasteiger partial charge >= 0.3 is 0 Å². The molecule has 2 unspecified atom stereocenters. The second-order valence-electron chi connectivity index (χ2n) is 6.04. The third-order valence-electron chi connectivity index (χ3n) is 4.69. The predicted molar refractivity (Wildman–Crippen MR) is 68.0 cm³/mol. The average Bonchev–Trinajstić information content (AvgIpc) is 1.99. The van der Waals surface area contributed by atoms with Crippen LogP contribution in [0.3, 0.4) is 0 Å². The molecule has 0 aromatic rings. The van der Waals surface area contributed by atoms with Gasteiger partial charge in [0, 0.05) is 6.04 Å². The Hall–Kier alpha value is -0.0400. The van der Waals surface area contributed by atoms with E-state index in [0.29, 0.717) is 11.5 Å². The van der Waals surface area contributed by atoms with Crippen molar-refractivity contribution in [1.82, 2.24) is 5.32 Å². The summed E-state index contributed by atoms with van der Waals surface area (Å²) in [5.41, 5.74) is 0.544. The third-order valence-corrected chi connectivity index (χ3v) is 4.69. The van der Waals surface area contributed by atoms with E-state index < -0.39 is 0 Å². The van der Waals surface area contributed by atoms with E-state index in [0.717, 1.165) is 18.4 Å². The van der Waals surface area contributed by atoms with Crippen LogP contribution in [0.4, 0.5) is 0 Å². The van der Waals surface area contributed by atoms with Gasteiger partial charge in [-0.25, -0.2) is 0 Å². The SMILES string of the molecule is CCNC(C)CC(C)C(C)(C)C1CCC1. The van der Waals surface area contributed by atoms with E-state index in [1.807, 2.05) is 0 Å². The Bertz CT molecular complexity index is 182. The van der Waals surface area contributed by atoms with Crippen molar-refractivity contribution < 1.29 is 0 Å². The lowest BCUT2D eigenvalue weighted by molar-refractivity contribution is 0.0545. The van der Waals surface area contributed by atoms with Crippen molar-refractivity contribution in [2.24, 2.45) is 17.3 Å². The molecule has 0 bridgehead atoms. The van der Waals surface area contributed by atoms with Gasteiger partial charge in [-0.2, -0.15) is 0 Å². The molecule has 1 N–H and O–H groups in total. The Labute approximate surface area is 96.0 Å². The first-order valence-electron chi connectivity index (χ1n) is 6.71. The highest BCUT2D eigenvalue weighted by molar-refractivity contribution is 4.88. The normalized spacial score (nSPS) is 22.2. The summed E-state index contributed by atoms with van der Waals surface area (Å²) in [5, 5.41) is 3.52. The van der Waals surface area contributed by atoms with Crippen molar-refractivity contribution in [2.75, 3.05) is 6.54 Å². The molecule has 1 fully saturated rings. The molecule has 0 heterocycles. The van der Waals surface area contributed by atoms with E-state index in [2.05, 4.69) is 39.9 Å². The van der Waals surface area contributed by atoms with Crippen LogP contribution >= 0.6 is 0 Å². The van der Waals surface area contributed by atoms with Crippen LogP contribution in [0.1, 0.15) is 60.3 Å². The van der Waals surface area contributed by atoms with E-state index in [1.54, 1.807) is 0 Å². The molecule has 1 saturated carbocycles. The minimum atomic E-state index is 0.544. The molecule has 1 aliphatic carbocycles. The third kappa shape index (κ3) is 3.21. The molecule has 0 aromatic heterocycles. The van der Waals surface area contributed by atoms with Crippen molar-refractivity contribution in [3.8, 4) is 0 Å². The zero-order valence-corrected chi connectivity index (χ0v) is 11.3. The van der Waals surface area contributed by atoms with Crippen LogP contribution < -0.4 is 5.32 Å². The first kappa shape index (κ1) is 13.0. The van der Waals surface area contributed by atoms with Crippen molar-refractivity contribution in [3.63, 3.8) is 0 Å². The van der Waals surface area contributed by atoms with Gasteiger partial charge in [-0.1, -0.05) is 34.1 Å². The van der Waals surface area contributed by atoms with Gasteiger partial charge in [0.1, 0.15) is 0 Å². The van der Waals surface area contributed by atoms with Crippen molar-refractivity contribution in [1.29, 1.82) is 0 Å². The van der Waals surface area contributed by atoms with Crippen molar-refractivity contribution >= 4 is 0 Å². The van der Waals surface area contributed by atoms with Crippen LogP contribution in [0.15, 0.2) is 0 Å². The summed E-state index contributed by atoms with van der Waals surface area (Å²) >= 11 is 0. The maximum atomic E-state index is 3.52. The number of nitrogens with one attached hydrogen (secondary N) is 1. The highest BCUT2D eigenvalue weighted by Crippen LogP contribution is 2.47. The zero-order chi connectivity index (χ0) is 11.5. The van der Waals surface area contributed by atoms with Gasteiger partial charge in [0.25, 0.3) is 0 Å². The first-order valence-corrected chi connectivity index (χ1v) is 6.71. The van der Waals surface area contributed by atoms with Crippen molar-refractivity contribution in [3.05, 3.63) is 0 Å². The fourth-order valence-electron chi connectivity index (χ4n) is 2.82. The summed E-state index contributed by atoms with van der Waals surface area (Å²) < 4.78 is 0. The minimum absolute atomic E-state index is 0.544. The Morgan fingerprint density at radius 3 is 2.27 bits per heavy atom. The summed E-state index contributed by atoms with van der Waals surface area (Å²) in [6.07, 6.45) is 5.71. The Morgan fingerprint density at radius 2 is 1.87 bits per heavy atom. The van der Waals surface area contributed by atoms with Gasteiger partial charge in [-0.05, 0) is 50.0 Å². The highest BCUT2D eigenvalue weighted by Gasteiger charge is 2.38. The van der Waals surface area contributed by atoms with Crippen molar-refractivity contribution in [2.45, 2.75) is 66.3 Å². The summed E-state index contributed by atoms with van der Waals surface area (Å²) in [5.74, 6) is 1.82. The van der Waals surface area contributed by atoms with Gasteiger partial charge < -0.3 is 5.32 Å². The lowest BCUT2D eigenvalue weighted by Crippen LogP contribution is -2.38. The van der Waals surface area contributed by atoms with E-state index in [9.17, 15) is 0 Å². The molecular weight excluding hydrogens is 182 g/mol. The summed E-state index contributed by atoms with van der Waals surface area (Å²) in [7, 11) is 0. The van der Waals surface area contributed by atoms with E-state index in [-0.39, 0.29) is 0 Å². The smallest absolute Gasteiger partial charge is 0.00413 e. The van der Waals surface area contributed by atoms with Crippen LogP contribution in [0.2, 0.25) is 0 Å². The molecule has 1 heteroatoms. The van der Waals surface area contributed by atoms with Crippen LogP contribution in [0.25, 0.3) is 0 Å².